The Hall–Kier alpha value is -2.96. The second kappa shape index (κ2) is 8.76. The van der Waals surface area contributed by atoms with E-state index in [1.165, 1.54) is 0 Å². The summed E-state index contributed by atoms with van der Waals surface area (Å²) in [5.74, 6) is -2.55. The van der Waals surface area contributed by atoms with Crippen LogP contribution in [0.3, 0.4) is 0 Å². The maximum atomic E-state index is 14.2. The van der Waals surface area contributed by atoms with Gasteiger partial charge in [0.05, 0.1) is 6.20 Å². The fourth-order valence-electron chi connectivity index (χ4n) is 5.75. The first-order chi connectivity index (χ1) is 15.6. The van der Waals surface area contributed by atoms with Gasteiger partial charge in [0.25, 0.3) is 0 Å². The molecular weight excluding hydrogens is 426 g/mol. The summed E-state index contributed by atoms with van der Waals surface area (Å²) in [6.07, 6.45) is 4.39. The molecule has 33 heavy (non-hydrogen) atoms. The molecule has 2 aliphatic carbocycles. The standard InChI is InChI=1S/C26H28F2N2O3/c1-14-8-17(24-19(28)10-18(27)13-30-24)9-15(2)22(14)23-20(31)11-26(12-21(23)32)6-4-16(5-7-26)25(33)29-3/h8-10,13,16,23H,4-7,11-12H2,1-3H3,(H,29,33). The Morgan fingerprint density at radius 3 is 2.12 bits per heavy atom. The van der Waals surface area contributed by atoms with Gasteiger partial charge in [-0.1, -0.05) is 0 Å². The molecule has 0 atom stereocenters. The number of ketones is 2. The molecule has 1 aromatic heterocycles. The van der Waals surface area contributed by atoms with E-state index in [1.54, 1.807) is 33.0 Å². The lowest BCUT2D eigenvalue weighted by Gasteiger charge is -2.43. The van der Waals surface area contributed by atoms with Crippen molar-refractivity contribution < 1.29 is 23.2 Å². The molecule has 5 nitrogen and oxygen atoms in total. The van der Waals surface area contributed by atoms with Gasteiger partial charge in [-0.05, 0) is 73.8 Å². The van der Waals surface area contributed by atoms with Gasteiger partial charge in [-0.15, -0.1) is 0 Å². The van der Waals surface area contributed by atoms with Gasteiger partial charge in [0.1, 0.15) is 29.0 Å². The Morgan fingerprint density at radius 1 is 1.03 bits per heavy atom. The van der Waals surface area contributed by atoms with Crippen molar-refractivity contribution in [2.45, 2.75) is 58.3 Å². The van der Waals surface area contributed by atoms with E-state index in [0.717, 1.165) is 12.3 Å². The SMILES string of the molecule is CNC(=O)C1CCC2(CC1)CC(=O)C(c1c(C)cc(-c3ncc(F)cc3F)cc1C)C(=O)C2. The molecule has 0 unspecified atom stereocenters. The van der Waals surface area contributed by atoms with Gasteiger partial charge in [0.2, 0.25) is 5.91 Å². The highest BCUT2D eigenvalue weighted by molar-refractivity contribution is 6.10. The third-order valence-corrected chi connectivity index (χ3v) is 7.37. The molecule has 1 heterocycles. The first-order valence-electron chi connectivity index (χ1n) is 11.3. The second-order valence-corrected chi connectivity index (χ2v) is 9.62. The highest BCUT2D eigenvalue weighted by atomic mass is 19.1. The summed E-state index contributed by atoms with van der Waals surface area (Å²) in [6.45, 7) is 3.60. The number of rotatable bonds is 3. The number of nitrogens with zero attached hydrogens (tertiary/aromatic N) is 1. The van der Waals surface area contributed by atoms with Crippen LogP contribution in [0.1, 0.15) is 61.1 Å². The molecule has 174 valence electrons. The molecule has 0 bridgehead atoms. The summed E-state index contributed by atoms with van der Waals surface area (Å²) in [5, 5.41) is 2.69. The molecule has 2 saturated carbocycles. The van der Waals surface area contributed by atoms with Crippen LogP contribution in [-0.2, 0) is 14.4 Å². The van der Waals surface area contributed by atoms with Crippen molar-refractivity contribution in [2.75, 3.05) is 7.05 Å². The van der Waals surface area contributed by atoms with Crippen LogP contribution in [-0.4, -0.2) is 29.5 Å². The summed E-state index contributed by atoms with van der Waals surface area (Å²) >= 11 is 0. The van der Waals surface area contributed by atoms with Crippen molar-refractivity contribution in [1.82, 2.24) is 10.3 Å². The van der Waals surface area contributed by atoms with Crippen molar-refractivity contribution in [3.8, 4) is 11.3 Å². The smallest absolute Gasteiger partial charge is 0.222 e. The summed E-state index contributed by atoms with van der Waals surface area (Å²) < 4.78 is 27.5. The first kappa shape index (κ1) is 23.2. The molecule has 0 aliphatic heterocycles. The van der Waals surface area contributed by atoms with Gasteiger partial charge >= 0.3 is 0 Å². The fraction of sp³-hybridized carbons (Fsp3) is 0.462. The Morgan fingerprint density at radius 2 is 1.61 bits per heavy atom. The van der Waals surface area contributed by atoms with Crippen molar-refractivity contribution in [3.63, 3.8) is 0 Å². The molecule has 1 N–H and O–H groups in total. The number of carbonyl (C=O) groups excluding carboxylic acids is 3. The van der Waals surface area contributed by atoms with Crippen LogP contribution in [0.25, 0.3) is 11.3 Å². The average molecular weight is 455 g/mol. The lowest BCUT2D eigenvalue weighted by molar-refractivity contribution is -0.138. The minimum atomic E-state index is -0.827. The summed E-state index contributed by atoms with van der Waals surface area (Å²) in [7, 11) is 1.63. The Kier molecular flexibility index (Phi) is 6.16. The van der Waals surface area contributed by atoms with Gasteiger partial charge < -0.3 is 5.32 Å². The first-order valence-corrected chi connectivity index (χ1v) is 11.3. The lowest BCUT2D eigenvalue weighted by atomic mass is 9.59. The number of aryl methyl sites for hydroxylation is 2. The number of benzene rings is 1. The van der Waals surface area contributed by atoms with E-state index in [0.29, 0.717) is 60.8 Å². The molecule has 0 saturated heterocycles. The Balaban J connectivity index is 1.58. The third kappa shape index (κ3) is 4.33. The predicted molar refractivity (Wildman–Crippen MR) is 120 cm³/mol. The number of hydrogen-bond donors (Lipinski definition) is 1. The molecule has 2 fully saturated rings. The molecule has 4 rings (SSSR count). The molecule has 1 aromatic carbocycles. The largest absolute Gasteiger partial charge is 0.359 e. The molecule has 2 aliphatic rings. The maximum absolute atomic E-state index is 14.2. The van der Waals surface area contributed by atoms with Crippen LogP contribution in [0.4, 0.5) is 8.78 Å². The van der Waals surface area contributed by atoms with E-state index >= 15 is 0 Å². The summed E-state index contributed by atoms with van der Waals surface area (Å²) in [6, 6.07) is 4.18. The lowest BCUT2D eigenvalue weighted by Crippen LogP contribution is -2.43. The van der Waals surface area contributed by atoms with Gasteiger partial charge in [-0.2, -0.15) is 0 Å². The molecule has 7 heteroatoms. The predicted octanol–water partition coefficient (Wildman–Crippen LogP) is 4.58. The zero-order chi connectivity index (χ0) is 23.9. The molecular formula is C26H28F2N2O3. The van der Waals surface area contributed by atoms with Crippen LogP contribution in [0.2, 0.25) is 0 Å². The van der Waals surface area contributed by atoms with Crippen LogP contribution in [0.15, 0.2) is 24.4 Å². The van der Waals surface area contributed by atoms with Crippen molar-refractivity contribution >= 4 is 17.5 Å². The van der Waals surface area contributed by atoms with Gasteiger partial charge in [-0.25, -0.2) is 8.78 Å². The number of halogens is 2. The molecule has 2 aromatic rings. The monoisotopic (exact) mass is 454 g/mol. The molecule has 0 radical (unpaired) electrons. The number of carbonyl (C=O) groups is 3. The van der Waals surface area contributed by atoms with Crippen molar-refractivity contribution in [3.05, 3.63) is 52.7 Å². The van der Waals surface area contributed by atoms with Crippen LogP contribution in [0.5, 0.6) is 0 Å². The Labute approximate surface area is 192 Å². The third-order valence-electron chi connectivity index (χ3n) is 7.37. The number of nitrogens with one attached hydrogen (secondary N) is 1. The molecule has 1 amide bonds. The van der Waals surface area contributed by atoms with E-state index in [1.807, 2.05) is 0 Å². The van der Waals surface area contributed by atoms with E-state index in [2.05, 4.69) is 10.3 Å². The number of aromatic nitrogens is 1. The number of pyridine rings is 1. The highest BCUT2D eigenvalue weighted by Gasteiger charge is 2.48. The van der Waals surface area contributed by atoms with E-state index in [9.17, 15) is 23.2 Å². The van der Waals surface area contributed by atoms with E-state index < -0.39 is 17.6 Å². The topological polar surface area (TPSA) is 76.1 Å². The minimum Gasteiger partial charge on any atom is -0.359 e. The van der Waals surface area contributed by atoms with E-state index in [4.69, 9.17) is 0 Å². The number of Topliss-reactive ketones (excluding diaryl/α,β-unsaturated/α-hetero) is 2. The average Bonchev–Trinajstić information content (AvgIpc) is 2.75. The molecule has 1 spiro atoms. The quantitative estimate of drug-likeness (QED) is 0.689. The fourth-order valence-corrected chi connectivity index (χ4v) is 5.75. The van der Waals surface area contributed by atoms with Crippen LogP contribution < -0.4 is 5.32 Å². The van der Waals surface area contributed by atoms with Gasteiger partial charge in [-0.3, -0.25) is 19.4 Å². The van der Waals surface area contributed by atoms with Crippen LogP contribution in [0, 0.1) is 36.8 Å². The normalized spacial score (nSPS) is 25.4. The van der Waals surface area contributed by atoms with E-state index in [-0.39, 0.29) is 34.5 Å². The second-order valence-electron chi connectivity index (χ2n) is 9.62. The Bertz CT molecular complexity index is 1090. The number of amides is 1. The highest BCUT2D eigenvalue weighted by Crippen LogP contribution is 2.50. The van der Waals surface area contributed by atoms with Crippen molar-refractivity contribution in [1.29, 1.82) is 0 Å². The van der Waals surface area contributed by atoms with Gasteiger partial charge in [0, 0.05) is 37.4 Å². The van der Waals surface area contributed by atoms with Crippen molar-refractivity contribution in [2.24, 2.45) is 11.3 Å². The zero-order valence-corrected chi connectivity index (χ0v) is 19.1. The maximum Gasteiger partial charge on any atom is 0.222 e. The minimum absolute atomic E-state index is 0.0228. The number of hydrogen-bond acceptors (Lipinski definition) is 4. The zero-order valence-electron chi connectivity index (χ0n) is 19.1. The van der Waals surface area contributed by atoms with Crippen LogP contribution >= 0.6 is 0 Å². The van der Waals surface area contributed by atoms with Gasteiger partial charge in [0.15, 0.2) is 5.82 Å². The summed E-state index contributed by atoms with van der Waals surface area (Å²) in [5.41, 5.74) is 2.25. The summed E-state index contributed by atoms with van der Waals surface area (Å²) in [4.78, 5) is 42.4.